The monoisotopic (exact) mass is 237 g/mol. The van der Waals surface area contributed by atoms with Gasteiger partial charge in [-0.15, -0.1) is 0 Å². The minimum absolute atomic E-state index is 0.306. The van der Waals surface area contributed by atoms with Gasteiger partial charge in [-0.1, -0.05) is 19.9 Å². The van der Waals surface area contributed by atoms with Crippen LogP contribution in [0.3, 0.4) is 0 Å². The number of carbonyl (C=O) groups excluding carboxylic acids is 1. The van der Waals surface area contributed by atoms with Gasteiger partial charge in [0, 0.05) is 0 Å². The maximum Gasteiger partial charge on any atom is 0.185 e. The molecule has 0 fully saturated rings. The lowest BCUT2D eigenvalue weighted by Gasteiger charge is -2.14. The number of aliphatic hydroxyl groups excluding tert-OH is 1. The SMILES string of the molecule is COc1cc(C(C)C)ccc1C(=O)C(N)CO. The molecule has 0 heterocycles. The number of ketones is 1. The molecule has 0 spiro atoms. The normalized spacial score (nSPS) is 12.6. The Balaban J connectivity index is 3.13. The van der Waals surface area contributed by atoms with Crippen molar-refractivity contribution in [2.45, 2.75) is 25.8 Å². The van der Waals surface area contributed by atoms with Crippen LogP contribution in [-0.2, 0) is 0 Å². The van der Waals surface area contributed by atoms with Crippen LogP contribution in [0.25, 0.3) is 0 Å². The molecule has 3 N–H and O–H groups in total. The zero-order valence-corrected chi connectivity index (χ0v) is 10.4. The largest absolute Gasteiger partial charge is 0.496 e. The molecule has 94 valence electrons. The van der Waals surface area contributed by atoms with Gasteiger partial charge in [0.15, 0.2) is 5.78 Å². The van der Waals surface area contributed by atoms with Gasteiger partial charge in [0.05, 0.1) is 25.3 Å². The number of hydrogen-bond acceptors (Lipinski definition) is 4. The van der Waals surface area contributed by atoms with E-state index in [1.165, 1.54) is 7.11 Å². The lowest BCUT2D eigenvalue weighted by molar-refractivity contribution is 0.0922. The molecule has 1 atom stereocenters. The highest BCUT2D eigenvalue weighted by Crippen LogP contribution is 2.25. The highest BCUT2D eigenvalue weighted by molar-refractivity contribution is 6.02. The predicted molar refractivity (Wildman–Crippen MR) is 66.5 cm³/mol. The van der Waals surface area contributed by atoms with Crippen LogP contribution in [0, 0.1) is 0 Å². The molecule has 4 heteroatoms. The van der Waals surface area contributed by atoms with Crippen molar-refractivity contribution in [2.75, 3.05) is 13.7 Å². The lowest BCUT2D eigenvalue weighted by Crippen LogP contribution is -2.34. The first kappa shape index (κ1) is 13.7. The number of methoxy groups -OCH3 is 1. The fourth-order valence-electron chi connectivity index (χ4n) is 1.55. The van der Waals surface area contributed by atoms with E-state index >= 15 is 0 Å². The first-order valence-corrected chi connectivity index (χ1v) is 5.59. The van der Waals surface area contributed by atoms with E-state index in [1.54, 1.807) is 6.07 Å². The second-order valence-corrected chi connectivity index (χ2v) is 4.27. The summed E-state index contributed by atoms with van der Waals surface area (Å²) in [7, 11) is 1.51. The maximum atomic E-state index is 11.9. The second kappa shape index (κ2) is 5.80. The summed E-state index contributed by atoms with van der Waals surface area (Å²) in [5.41, 5.74) is 7.02. The number of aliphatic hydroxyl groups is 1. The Morgan fingerprint density at radius 2 is 2.12 bits per heavy atom. The smallest absolute Gasteiger partial charge is 0.185 e. The standard InChI is InChI=1S/C13H19NO3/c1-8(2)9-4-5-10(12(6-9)17-3)13(16)11(14)7-15/h4-6,8,11,15H,7,14H2,1-3H3. The first-order valence-electron chi connectivity index (χ1n) is 5.59. The molecular weight excluding hydrogens is 218 g/mol. The summed E-state index contributed by atoms with van der Waals surface area (Å²) < 4.78 is 5.19. The average molecular weight is 237 g/mol. The van der Waals surface area contributed by atoms with Crippen LogP contribution in [0.15, 0.2) is 18.2 Å². The number of benzene rings is 1. The fraction of sp³-hybridized carbons (Fsp3) is 0.462. The van der Waals surface area contributed by atoms with Gasteiger partial charge >= 0.3 is 0 Å². The fourth-order valence-corrected chi connectivity index (χ4v) is 1.55. The Labute approximate surface area is 101 Å². The Hall–Kier alpha value is -1.39. The number of carbonyl (C=O) groups is 1. The molecule has 0 aliphatic carbocycles. The molecule has 0 aliphatic heterocycles. The van der Waals surface area contributed by atoms with E-state index in [9.17, 15) is 4.79 Å². The molecule has 0 saturated heterocycles. The maximum absolute atomic E-state index is 11.9. The molecular formula is C13H19NO3. The van der Waals surface area contributed by atoms with Crippen molar-refractivity contribution in [3.8, 4) is 5.75 Å². The third kappa shape index (κ3) is 3.05. The Morgan fingerprint density at radius 1 is 1.47 bits per heavy atom. The van der Waals surface area contributed by atoms with E-state index < -0.39 is 6.04 Å². The quantitative estimate of drug-likeness (QED) is 0.758. The second-order valence-electron chi connectivity index (χ2n) is 4.27. The molecule has 1 aromatic rings. The van der Waals surface area contributed by atoms with Crippen molar-refractivity contribution in [2.24, 2.45) is 5.73 Å². The van der Waals surface area contributed by atoms with Crippen molar-refractivity contribution in [1.82, 2.24) is 0 Å². The van der Waals surface area contributed by atoms with Crippen LogP contribution >= 0.6 is 0 Å². The summed E-state index contributed by atoms with van der Waals surface area (Å²) in [6.45, 7) is 3.76. The van der Waals surface area contributed by atoms with Gasteiger partial charge in [0.2, 0.25) is 0 Å². The minimum Gasteiger partial charge on any atom is -0.496 e. The Bertz CT molecular complexity index is 402. The van der Waals surface area contributed by atoms with Crippen molar-refractivity contribution < 1.29 is 14.6 Å². The number of ether oxygens (including phenoxy) is 1. The number of hydrogen-bond donors (Lipinski definition) is 2. The molecule has 0 aliphatic rings. The van der Waals surface area contributed by atoms with Gasteiger partial charge in [-0.2, -0.15) is 0 Å². The Morgan fingerprint density at radius 3 is 2.59 bits per heavy atom. The number of nitrogens with two attached hydrogens (primary N) is 1. The molecule has 1 unspecified atom stereocenters. The highest BCUT2D eigenvalue weighted by Gasteiger charge is 2.19. The number of rotatable bonds is 5. The molecule has 17 heavy (non-hydrogen) atoms. The summed E-state index contributed by atoms with van der Waals surface area (Å²) >= 11 is 0. The van der Waals surface area contributed by atoms with E-state index in [1.807, 2.05) is 12.1 Å². The third-order valence-electron chi connectivity index (χ3n) is 2.69. The van der Waals surface area contributed by atoms with E-state index in [0.717, 1.165) is 5.56 Å². The van der Waals surface area contributed by atoms with E-state index in [4.69, 9.17) is 15.6 Å². The molecule has 1 rings (SSSR count). The van der Waals surface area contributed by atoms with Crippen LogP contribution in [0.5, 0.6) is 5.75 Å². The minimum atomic E-state index is -0.895. The Kier molecular flexibility index (Phi) is 4.66. The van der Waals surface area contributed by atoms with E-state index in [2.05, 4.69) is 13.8 Å². The van der Waals surface area contributed by atoms with Gasteiger partial charge in [-0.25, -0.2) is 0 Å². The highest BCUT2D eigenvalue weighted by atomic mass is 16.5. The van der Waals surface area contributed by atoms with Crippen molar-refractivity contribution in [1.29, 1.82) is 0 Å². The van der Waals surface area contributed by atoms with Crippen LogP contribution in [0.1, 0.15) is 35.7 Å². The summed E-state index contributed by atoms with van der Waals surface area (Å²) in [5.74, 6) is 0.560. The van der Waals surface area contributed by atoms with Gasteiger partial charge in [-0.05, 0) is 23.6 Å². The third-order valence-corrected chi connectivity index (χ3v) is 2.69. The summed E-state index contributed by atoms with van der Waals surface area (Å²) in [6, 6.07) is 4.52. The summed E-state index contributed by atoms with van der Waals surface area (Å²) in [5, 5.41) is 8.89. The summed E-state index contributed by atoms with van der Waals surface area (Å²) in [6.07, 6.45) is 0. The van der Waals surface area contributed by atoms with Crippen molar-refractivity contribution in [3.63, 3.8) is 0 Å². The topological polar surface area (TPSA) is 72.5 Å². The van der Waals surface area contributed by atoms with E-state index in [-0.39, 0.29) is 12.4 Å². The average Bonchev–Trinajstić information content (AvgIpc) is 2.35. The number of Topliss-reactive ketones (excluding diaryl/α,β-unsaturated/α-hetero) is 1. The van der Waals surface area contributed by atoms with Gasteiger partial charge in [0.1, 0.15) is 5.75 Å². The molecule has 0 bridgehead atoms. The van der Waals surface area contributed by atoms with Gasteiger partial charge < -0.3 is 15.6 Å². The van der Waals surface area contributed by atoms with Crippen molar-refractivity contribution >= 4 is 5.78 Å². The van der Waals surface area contributed by atoms with Gasteiger partial charge in [-0.3, -0.25) is 4.79 Å². The molecule has 4 nitrogen and oxygen atoms in total. The molecule has 0 amide bonds. The molecule has 0 radical (unpaired) electrons. The van der Waals surface area contributed by atoms with Crippen LogP contribution in [0.2, 0.25) is 0 Å². The predicted octanol–water partition coefficient (Wildman–Crippen LogP) is 1.32. The zero-order valence-electron chi connectivity index (χ0n) is 10.4. The van der Waals surface area contributed by atoms with Crippen LogP contribution < -0.4 is 10.5 Å². The van der Waals surface area contributed by atoms with Crippen LogP contribution in [0.4, 0.5) is 0 Å². The molecule has 1 aromatic carbocycles. The van der Waals surface area contributed by atoms with E-state index in [0.29, 0.717) is 17.2 Å². The zero-order chi connectivity index (χ0) is 13.0. The van der Waals surface area contributed by atoms with Gasteiger partial charge in [0.25, 0.3) is 0 Å². The molecule has 0 aromatic heterocycles. The lowest BCUT2D eigenvalue weighted by atomic mass is 9.97. The summed E-state index contributed by atoms with van der Waals surface area (Å²) in [4.78, 5) is 11.9. The van der Waals surface area contributed by atoms with Crippen molar-refractivity contribution in [3.05, 3.63) is 29.3 Å². The first-order chi connectivity index (χ1) is 8.01. The molecule has 0 saturated carbocycles. The van der Waals surface area contributed by atoms with Crippen LogP contribution in [-0.4, -0.2) is 30.6 Å².